The molecule has 1 atom stereocenters. The van der Waals surface area contributed by atoms with Crippen molar-refractivity contribution in [1.82, 2.24) is 24.8 Å². The van der Waals surface area contributed by atoms with Crippen molar-refractivity contribution in [2.75, 3.05) is 49.5 Å². The van der Waals surface area contributed by atoms with Gasteiger partial charge in [0.25, 0.3) is 5.91 Å². The lowest BCUT2D eigenvalue weighted by Crippen LogP contribution is -2.52. The van der Waals surface area contributed by atoms with Crippen LogP contribution in [0.5, 0.6) is 0 Å². The van der Waals surface area contributed by atoms with Gasteiger partial charge in [0.2, 0.25) is 0 Å². The summed E-state index contributed by atoms with van der Waals surface area (Å²) >= 11 is 9.16. The van der Waals surface area contributed by atoms with Gasteiger partial charge < -0.3 is 10.0 Å². The molecule has 0 aromatic carbocycles. The lowest BCUT2D eigenvalue weighted by Gasteiger charge is -2.40. The number of piperazine rings is 1. The molecule has 0 unspecified atom stereocenters. The number of halogens is 1. The Balaban J connectivity index is 1.42. The second-order valence-corrected chi connectivity index (χ2v) is 11.5. The van der Waals surface area contributed by atoms with Crippen LogP contribution in [0.4, 0.5) is 10.9 Å². The van der Waals surface area contributed by atoms with Gasteiger partial charge in [-0.25, -0.2) is 15.0 Å². The summed E-state index contributed by atoms with van der Waals surface area (Å²) in [6.45, 7) is 11.6. The number of aromatic nitrogens is 3. The number of thiophene rings is 1. The number of carboxylic acids is 1. The third-order valence-electron chi connectivity index (χ3n) is 6.55. The molecule has 1 fully saturated rings. The molecule has 1 aliphatic heterocycles. The van der Waals surface area contributed by atoms with E-state index < -0.39 is 5.97 Å². The van der Waals surface area contributed by atoms with E-state index in [2.05, 4.69) is 50.8 Å². The number of nitrogens with one attached hydrogen (secondary N) is 1. The van der Waals surface area contributed by atoms with E-state index in [9.17, 15) is 9.59 Å². The average molecular weight is 578 g/mol. The molecule has 4 rings (SSSR count). The van der Waals surface area contributed by atoms with Crippen LogP contribution in [0.2, 0.25) is 5.02 Å². The Morgan fingerprint density at radius 1 is 1.24 bits per heavy atom. The zero-order chi connectivity index (χ0) is 27.2. The first-order chi connectivity index (χ1) is 18.3. The first-order valence-corrected chi connectivity index (χ1v) is 14.6. The van der Waals surface area contributed by atoms with Crippen LogP contribution in [0.25, 0.3) is 10.6 Å². The average Bonchev–Trinajstić information content (AvgIpc) is 3.51. The predicted octanol–water partition coefficient (Wildman–Crippen LogP) is 4.39. The maximum Gasteiger partial charge on any atom is 0.304 e. The highest BCUT2D eigenvalue weighted by atomic mass is 35.5. The Bertz CT molecular complexity index is 1250. The number of thiazole rings is 1. The van der Waals surface area contributed by atoms with E-state index in [1.165, 1.54) is 28.9 Å². The largest absolute Gasteiger partial charge is 0.481 e. The van der Waals surface area contributed by atoms with Gasteiger partial charge in [-0.1, -0.05) is 36.8 Å². The highest BCUT2D eigenvalue weighted by Crippen LogP contribution is 2.37. The summed E-state index contributed by atoms with van der Waals surface area (Å²) in [5, 5.41) is 14.9. The Morgan fingerprint density at radius 2 is 2.03 bits per heavy atom. The lowest BCUT2D eigenvalue weighted by molar-refractivity contribution is -0.137. The van der Waals surface area contributed by atoms with Gasteiger partial charge in [-0.2, -0.15) is 0 Å². The Kier molecular flexibility index (Phi) is 9.66. The first kappa shape index (κ1) is 28.4. The van der Waals surface area contributed by atoms with Crippen molar-refractivity contribution in [1.29, 1.82) is 0 Å². The normalized spacial score (nSPS) is 16.2. The van der Waals surface area contributed by atoms with Crippen LogP contribution in [0.3, 0.4) is 0 Å². The van der Waals surface area contributed by atoms with E-state index in [0.717, 1.165) is 41.6 Å². The van der Waals surface area contributed by atoms with E-state index in [0.29, 0.717) is 35.6 Å². The Morgan fingerprint density at radius 3 is 2.63 bits per heavy atom. The number of carbonyl (C=O) groups is 2. The molecule has 0 aliphatic carbocycles. The van der Waals surface area contributed by atoms with Crippen molar-refractivity contribution in [2.24, 2.45) is 0 Å². The number of carboxylic acid groups (broad SMARTS) is 1. The van der Waals surface area contributed by atoms with Crippen molar-refractivity contribution >= 4 is 57.1 Å². The van der Waals surface area contributed by atoms with Crippen LogP contribution in [-0.2, 0) is 11.3 Å². The molecular weight excluding hydrogens is 546 g/mol. The number of hydrogen-bond donors (Lipinski definition) is 2. The quantitative estimate of drug-likeness (QED) is 0.342. The molecule has 0 spiro atoms. The maximum atomic E-state index is 13.0. The van der Waals surface area contributed by atoms with Gasteiger partial charge in [0.1, 0.15) is 11.5 Å². The molecule has 2 N–H and O–H groups in total. The highest BCUT2D eigenvalue weighted by molar-refractivity contribution is 7.17. The van der Waals surface area contributed by atoms with E-state index in [1.54, 1.807) is 6.20 Å². The number of hydrogen-bond acceptors (Lipinski definition) is 10. The summed E-state index contributed by atoms with van der Waals surface area (Å²) in [4.78, 5) is 46.1. The molecule has 0 bridgehead atoms. The van der Waals surface area contributed by atoms with Crippen LogP contribution in [0.1, 0.15) is 42.6 Å². The number of rotatable bonds is 11. The van der Waals surface area contributed by atoms with E-state index >= 15 is 0 Å². The first-order valence-electron chi connectivity index (χ1n) is 12.6. The molecule has 3 aromatic heterocycles. The number of anilines is 2. The van der Waals surface area contributed by atoms with Crippen molar-refractivity contribution in [3.63, 3.8) is 0 Å². The van der Waals surface area contributed by atoms with Gasteiger partial charge >= 0.3 is 5.97 Å². The van der Waals surface area contributed by atoms with Gasteiger partial charge in [0.05, 0.1) is 34.4 Å². The topological polar surface area (TPSA) is 115 Å². The summed E-state index contributed by atoms with van der Waals surface area (Å²) in [7, 11) is 0. The fraction of sp³-hybridized carbons (Fsp3) is 0.480. The van der Waals surface area contributed by atoms with Crippen LogP contribution in [0, 0.1) is 0 Å². The third-order valence-corrected chi connectivity index (χ3v) is 8.79. The molecule has 10 nitrogen and oxygen atoms in total. The van der Waals surface area contributed by atoms with Gasteiger partial charge in [-0.15, -0.1) is 11.3 Å². The van der Waals surface area contributed by atoms with Crippen molar-refractivity contribution in [3.05, 3.63) is 39.4 Å². The van der Waals surface area contributed by atoms with E-state index in [-0.39, 0.29) is 24.1 Å². The molecule has 13 heteroatoms. The van der Waals surface area contributed by atoms with Crippen LogP contribution < -0.4 is 10.2 Å². The van der Waals surface area contributed by atoms with Crippen LogP contribution in [-0.4, -0.2) is 87.0 Å². The maximum absolute atomic E-state index is 13.0. The van der Waals surface area contributed by atoms with Gasteiger partial charge in [-0.05, 0) is 26.1 Å². The molecule has 0 saturated carbocycles. The summed E-state index contributed by atoms with van der Waals surface area (Å²) in [6, 6.07) is 2.09. The van der Waals surface area contributed by atoms with Crippen molar-refractivity contribution in [2.45, 2.75) is 39.8 Å². The highest BCUT2D eigenvalue weighted by Gasteiger charge is 2.25. The lowest BCUT2D eigenvalue weighted by atomic mass is 10.2. The minimum atomic E-state index is -0.788. The molecule has 1 aliphatic rings. The molecule has 1 saturated heterocycles. The summed E-state index contributed by atoms with van der Waals surface area (Å²) in [5.41, 5.74) is 1.05. The number of carbonyl (C=O) groups excluding carboxylic acids is 1. The predicted molar refractivity (Wildman–Crippen MR) is 153 cm³/mol. The zero-order valence-corrected chi connectivity index (χ0v) is 24.1. The van der Waals surface area contributed by atoms with Crippen LogP contribution in [0.15, 0.2) is 23.8 Å². The summed E-state index contributed by atoms with van der Waals surface area (Å²) < 4.78 is 0. The van der Waals surface area contributed by atoms with E-state index in [4.69, 9.17) is 21.7 Å². The smallest absolute Gasteiger partial charge is 0.304 e. The molecule has 1 amide bonds. The minimum Gasteiger partial charge on any atom is -0.481 e. The van der Waals surface area contributed by atoms with Crippen molar-refractivity contribution < 1.29 is 14.7 Å². The number of aliphatic carboxylic acids is 1. The Labute approximate surface area is 235 Å². The summed E-state index contributed by atoms with van der Waals surface area (Å²) in [5.74, 6) is -0.460. The second-order valence-electron chi connectivity index (χ2n) is 9.07. The van der Waals surface area contributed by atoms with E-state index in [1.807, 2.05) is 11.4 Å². The number of nitrogens with zero attached hydrogens (tertiary/aromatic N) is 6. The molecule has 38 heavy (non-hydrogen) atoms. The molecule has 4 heterocycles. The van der Waals surface area contributed by atoms with Gasteiger partial charge in [0, 0.05) is 49.0 Å². The fourth-order valence-electron chi connectivity index (χ4n) is 4.33. The molecular formula is C25H32ClN7O3S2. The molecule has 204 valence electrons. The van der Waals surface area contributed by atoms with Crippen LogP contribution >= 0.6 is 34.3 Å². The summed E-state index contributed by atoms with van der Waals surface area (Å²) in [6.07, 6.45) is 3.23. The second kappa shape index (κ2) is 12.9. The molecule has 0 radical (unpaired) electrons. The fourth-order valence-corrected chi connectivity index (χ4v) is 6.50. The monoisotopic (exact) mass is 577 g/mol. The zero-order valence-electron chi connectivity index (χ0n) is 21.7. The number of amides is 1. The molecule has 3 aromatic rings. The minimum absolute atomic E-state index is 0.132. The van der Waals surface area contributed by atoms with Gasteiger partial charge in [0.15, 0.2) is 5.13 Å². The van der Waals surface area contributed by atoms with Crippen molar-refractivity contribution in [3.8, 4) is 10.6 Å². The standard InChI is InChI=1S/C25H32ClN7O3S2/c1-4-31(5-2)14-20-23(19-10-17(26)15-37-19)29-25(38-20)30-24(36)18-11-28-21(12-27-18)33-9-8-32(16(3)13-33)7-6-22(34)35/h10-12,15-16H,4-9,13-14H2,1-3H3,(H,34,35)(H,29,30,36)/t16-/m1/s1. The van der Waals surface area contributed by atoms with Gasteiger partial charge in [-0.3, -0.25) is 24.7 Å². The Hall–Kier alpha value is -2.64. The SMILES string of the molecule is CCN(CC)Cc1sc(NC(=O)c2cnc(N3CCN(CCC(=O)O)[C@H](C)C3)cn2)nc1-c1cc(Cl)cs1. The third kappa shape index (κ3) is 7.06.